The fraction of sp³-hybridized carbons (Fsp3) is 0.500. The van der Waals surface area contributed by atoms with Crippen LogP contribution in [0, 0.1) is 0 Å². The second kappa shape index (κ2) is 10.9. The van der Waals surface area contributed by atoms with Crippen molar-refractivity contribution in [3.8, 4) is 0 Å². The van der Waals surface area contributed by atoms with E-state index in [-0.39, 0.29) is 6.61 Å². The Morgan fingerprint density at radius 3 is 2.26 bits per heavy atom. The number of esters is 3. The fourth-order valence-corrected chi connectivity index (χ4v) is 4.91. The van der Waals surface area contributed by atoms with Crippen LogP contribution in [0.4, 0.5) is 0 Å². The Morgan fingerprint density at radius 2 is 1.68 bits per heavy atom. The van der Waals surface area contributed by atoms with Crippen LogP contribution >= 0.6 is 11.8 Å². The first-order valence-corrected chi connectivity index (χ1v) is 11.4. The topological polar surface area (TPSA) is 135 Å². The summed E-state index contributed by atoms with van der Waals surface area (Å²) in [5.41, 5.74) is 0.837. The number of nitrogens with zero attached hydrogens (tertiary/aromatic N) is 2. The molecule has 1 aromatic heterocycles. The van der Waals surface area contributed by atoms with Crippen molar-refractivity contribution in [1.82, 2.24) is 14.9 Å². The van der Waals surface area contributed by atoms with Gasteiger partial charge in [0, 0.05) is 34.7 Å². The van der Waals surface area contributed by atoms with Crippen molar-refractivity contribution in [3.63, 3.8) is 0 Å². The number of thioether (sulfide) groups is 1. The summed E-state index contributed by atoms with van der Waals surface area (Å²) in [5, 5.41) is 3.33. The van der Waals surface area contributed by atoms with Gasteiger partial charge in [0.1, 0.15) is 24.2 Å². The lowest BCUT2D eigenvalue weighted by atomic mass is 9.97. The molecule has 5 atom stereocenters. The van der Waals surface area contributed by atoms with Gasteiger partial charge < -0.3 is 28.8 Å². The van der Waals surface area contributed by atoms with Crippen LogP contribution in [0.25, 0.3) is 11.0 Å². The molecule has 12 heteroatoms. The molecule has 0 aliphatic carbocycles. The Kier molecular flexibility index (Phi) is 8.15. The highest BCUT2D eigenvalue weighted by atomic mass is 32.2. The Labute approximate surface area is 200 Å². The molecule has 2 heterocycles. The molecule has 0 radical (unpaired) electrons. The van der Waals surface area contributed by atoms with E-state index in [0.717, 1.165) is 11.0 Å². The molecule has 1 fully saturated rings. The second-order valence-electron chi connectivity index (χ2n) is 7.78. The second-order valence-corrected chi connectivity index (χ2v) is 8.85. The number of nitrogens with one attached hydrogen (secondary N) is 1. The number of rotatable bonds is 7. The Hall–Kier alpha value is -3.12. The lowest BCUT2D eigenvalue weighted by Crippen LogP contribution is -2.65. The van der Waals surface area contributed by atoms with E-state index < -0.39 is 53.6 Å². The normalized spacial score (nSPS) is 24.3. The number of hydrogen-bond acceptors (Lipinski definition) is 10. The van der Waals surface area contributed by atoms with Crippen molar-refractivity contribution >= 4 is 46.6 Å². The zero-order valence-electron chi connectivity index (χ0n) is 19.5. The molecular weight excluding hydrogens is 466 g/mol. The number of aryl methyl sites for hydroxylation is 1. The summed E-state index contributed by atoms with van der Waals surface area (Å²) in [6.45, 7) is 4.70. The average molecular weight is 494 g/mol. The summed E-state index contributed by atoms with van der Waals surface area (Å²) in [5.74, 6) is -2.25. The number of fused-ring (bicyclic) bond motifs is 1. The maximum atomic E-state index is 12.1. The van der Waals surface area contributed by atoms with Crippen molar-refractivity contribution in [2.75, 3.05) is 6.61 Å². The molecule has 3 rings (SSSR count). The molecular formula is C22H27N3O8S. The van der Waals surface area contributed by atoms with E-state index in [4.69, 9.17) is 18.9 Å². The van der Waals surface area contributed by atoms with Gasteiger partial charge in [0.05, 0.1) is 11.0 Å². The van der Waals surface area contributed by atoms with Crippen molar-refractivity contribution in [2.45, 2.75) is 62.6 Å². The van der Waals surface area contributed by atoms with Gasteiger partial charge in [0.25, 0.3) is 0 Å². The highest BCUT2D eigenvalue weighted by Crippen LogP contribution is 2.36. The zero-order chi connectivity index (χ0) is 25.0. The summed E-state index contributed by atoms with van der Waals surface area (Å²) in [6.07, 6.45) is -3.20. The standard InChI is InChI=1S/C22H27N3O8S/c1-11(26)23-18-20(32-14(4)29)19(31-13(3)28)17(10-30-12(2)27)33-21(18)34-22-24-15-8-6-7-9-16(15)25(22)5/h6-9,17-21H,10H2,1-5H3,(H,23,26)/t17-,18-,19-,20-,21+/m1/s1. The molecule has 1 saturated heterocycles. The van der Waals surface area contributed by atoms with Crippen LogP contribution in [0.5, 0.6) is 0 Å². The van der Waals surface area contributed by atoms with E-state index in [1.54, 1.807) is 0 Å². The molecule has 0 unspecified atom stereocenters. The van der Waals surface area contributed by atoms with Crippen molar-refractivity contribution in [1.29, 1.82) is 0 Å². The van der Waals surface area contributed by atoms with Gasteiger partial charge in [-0.3, -0.25) is 19.2 Å². The fourth-order valence-electron chi connectivity index (χ4n) is 3.72. The molecule has 1 aromatic carbocycles. The molecule has 2 aromatic rings. The van der Waals surface area contributed by atoms with E-state index >= 15 is 0 Å². The number of ether oxygens (including phenoxy) is 4. The third-order valence-corrected chi connectivity index (χ3v) is 6.25. The number of hydrogen-bond donors (Lipinski definition) is 1. The summed E-state index contributed by atoms with van der Waals surface area (Å²) < 4.78 is 24.1. The van der Waals surface area contributed by atoms with Gasteiger partial charge in [0.15, 0.2) is 17.4 Å². The highest BCUT2D eigenvalue weighted by Gasteiger charge is 2.51. The molecule has 0 saturated carbocycles. The Bertz CT molecular complexity index is 1090. The number of imidazole rings is 1. The van der Waals surface area contributed by atoms with Gasteiger partial charge in [-0.25, -0.2) is 4.98 Å². The van der Waals surface area contributed by atoms with Gasteiger partial charge in [-0.2, -0.15) is 0 Å². The van der Waals surface area contributed by atoms with Crippen LogP contribution in [-0.2, 0) is 45.2 Å². The Morgan fingerprint density at radius 1 is 1.03 bits per heavy atom. The van der Waals surface area contributed by atoms with E-state index in [2.05, 4.69) is 10.3 Å². The maximum Gasteiger partial charge on any atom is 0.303 e. The van der Waals surface area contributed by atoms with Gasteiger partial charge in [-0.1, -0.05) is 23.9 Å². The first kappa shape index (κ1) is 25.5. The highest BCUT2D eigenvalue weighted by molar-refractivity contribution is 7.99. The molecule has 1 N–H and O–H groups in total. The molecule has 0 bridgehead atoms. The first-order valence-electron chi connectivity index (χ1n) is 10.5. The average Bonchev–Trinajstić information content (AvgIpc) is 3.05. The number of carbonyl (C=O) groups is 4. The predicted octanol–water partition coefficient (Wildman–Crippen LogP) is 1.32. The van der Waals surface area contributed by atoms with Crippen LogP contribution in [0.3, 0.4) is 0 Å². The summed E-state index contributed by atoms with van der Waals surface area (Å²) in [6, 6.07) is 6.65. The third kappa shape index (κ3) is 6.06. The van der Waals surface area contributed by atoms with Gasteiger partial charge in [-0.15, -0.1) is 0 Å². The van der Waals surface area contributed by atoms with Crippen LogP contribution in [0.15, 0.2) is 29.4 Å². The number of carbonyl (C=O) groups excluding carboxylic acids is 4. The molecule has 1 aliphatic heterocycles. The summed E-state index contributed by atoms with van der Waals surface area (Å²) in [4.78, 5) is 51.9. The lowest BCUT2D eigenvalue weighted by molar-refractivity contribution is -0.211. The van der Waals surface area contributed by atoms with E-state index in [1.165, 1.54) is 39.5 Å². The summed E-state index contributed by atoms with van der Waals surface area (Å²) in [7, 11) is 1.84. The first-order chi connectivity index (χ1) is 16.1. The minimum absolute atomic E-state index is 0.253. The minimum Gasteiger partial charge on any atom is -0.463 e. The molecule has 1 amide bonds. The number of para-hydroxylation sites is 2. The molecule has 0 spiro atoms. The molecule has 184 valence electrons. The van der Waals surface area contributed by atoms with E-state index in [1.807, 2.05) is 35.9 Å². The van der Waals surface area contributed by atoms with E-state index in [9.17, 15) is 19.2 Å². The number of amides is 1. The van der Waals surface area contributed by atoms with Gasteiger partial charge >= 0.3 is 17.9 Å². The van der Waals surface area contributed by atoms with Crippen molar-refractivity contribution in [2.24, 2.45) is 7.05 Å². The smallest absolute Gasteiger partial charge is 0.303 e. The maximum absolute atomic E-state index is 12.1. The number of benzene rings is 1. The number of aromatic nitrogens is 2. The largest absolute Gasteiger partial charge is 0.463 e. The SMILES string of the molecule is CC(=O)N[C@@H]1[C@@H](OC(C)=O)[C@H](OC(C)=O)[C@@H](COC(C)=O)O[C@H]1Sc1nc2ccccc2n1C. The van der Waals surface area contributed by atoms with E-state index in [0.29, 0.717) is 5.16 Å². The summed E-state index contributed by atoms with van der Waals surface area (Å²) >= 11 is 1.20. The predicted molar refractivity (Wildman–Crippen MR) is 121 cm³/mol. The monoisotopic (exact) mass is 493 g/mol. The zero-order valence-corrected chi connectivity index (χ0v) is 20.3. The van der Waals surface area contributed by atoms with Gasteiger partial charge in [0.2, 0.25) is 5.91 Å². The quantitative estimate of drug-likeness (QED) is 0.444. The van der Waals surface area contributed by atoms with Gasteiger partial charge in [-0.05, 0) is 12.1 Å². The molecule has 1 aliphatic rings. The molecule has 11 nitrogen and oxygen atoms in total. The third-order valence-electron chi connectivity index (χ3n) is 5.04. The lowest BCUT2D eigenvalue weighted by Gasteiger charge is -2.44. The van der Waals surface area contributed by atoms with Crippen LogP contribution < -0.4 is 5.32 Å². The Balaban J connectivity index is 2.02. The van der Waals surface area contributed by atoms with Crippen molar-refractivity contribution < 1.29 is 38.1 Å². The van der Waals surface area contributed by atoms with Crippen LogP contribution in [0.2, 0.25) is 0 Å². The van der Waals surface area contributed by atoms with Crippen LogP contribution in [0.1, 0.15) is 27.7 Å². The van der Waals surface area contributed by atoms with Crippen LogP contribution in [-0.4, -0.2) is 69.8 Å². The molecule has 34 heavy (non-hydrogen) atoms. The minimum atomic E-state index is -1.13. The van der Waals surface area contributed by atoms with Crippen molar-refractivity contribution in [3.05, 3.63) is 24.3 Å².